The van der Waals surface area contributed by atoms with Crippen molar-refractivity contribution in [3.63, 3.8) is 0 Å². The fourth-order valence-corrected chi connectivity index (χ4v) is 2.52. The van der Waals surface area contributed by atoms with E-state index >= 15 is 0 Å². The van der Waals surface area contributed by atoms with Gasteiger partial charge in [-0.05, 0) is 31.4 Å². The Labute approximate surface area is 127 Å². The lowest BCUT2D eigenvalue weighted by atomic mass is 10.3. The molecule has 1 saturated heterocycles. The lowest BCUT2D eigenvalue weighted by molar-refractivity contribution is -0.383. The fraction of sp³-hybridized carbons (Fsp3) is 0.357. The Morgan fingerprint density at radius 3 is 2.68 bits per heavy atom. The maximum Gasteiger partial charge on any atom is 0.353 e. The van der Waals surface area contributed by atoms with Crippen LogP contribution < -0.4 is 10.2 Å². The Kier molecular flexibility index (Phi) is 3.82. The molecule has 0 amide bonds. The molecule has 8 nitrogen and oxygen atoms in total. The summed E-state index contributed by atoms with van der Waals surface area (Å²) in [5.74, 6) is 1.09. The highest BCUT2D eigenvalue weighted by Gasteiger charge is 2.28. The molecule has 0 bridgehead atoms. The van der Waals surface area contributed by atoms with Gasteiger partial charge in [-0.3, -0.25) is 10.1 Å². The summed E-state index contributed by atoms with van der Waals surface area (Å²) < 4.78 is 0. The van der Waals surface area contributed by atoms with Gasteiger partial charge in [0.2, 0.25) is 11.6 Å². The average molecular weight is 300 g/mol. The first-order valence-corrected chi connectivity index (χ1v) is 7.10. The molecule has 1 aliphatic rings. The van der Waals surface area contributed by atoms with Crippen LogP contribution in [0.15, 0.2) is 24.7 Å². The van der Waals surface area contributed by atoms with Gasteiger partial charge in [0.15, 0.2) is 0 Å². The van der Waals surface area contributed by atoms with E-state index in [1.807, 2.05) is 24.0 Å². The van der Waals surface area contributed by atoms with Crippen molar-refractivity contribution in [1.82, 2.24) is 15.0 Å². The zero-order valence-electron chi connectivity index (χ0n) is 12.2. The number of anilines is 3. The Morgan fingerprint density at radius 2 is 2.00 bits per heavy atom. The minimum absolute atomic E-state index is 0.102. The predicted molar refractivity (Wildman–Crippen MR) is 82.4 cm³/mol. The summed E-state index contributed by atoms with van der Waals surface area (Å²) in [5, 5.41) is 14.5. The molecule has 0 aromatic carbocycles. The van der Waals surface area contributed by atoms with Crippen molar-refractivity contribution in [2.45, 2.75) is 19.8 Å². The van der Waals surface area contributed by atoms with Gasteiger partial charge in [0.1, 0.15) is 12.1 Å². The zero-order valence-corrected chi connectivity index (χ0v) is 12.2. The summed E-state index contributed by atoms with van der Waals surface area (Å²) in [4.78, 5) is 25.4. The Bertz CT molecular complexity index is 699. The van der Waals surface area contributed by atoms with E-state index in [1.54, 1.807) is 6.20 Å². The van der Waals surface area contributed by atoms with E-state index in [1.165, 1.54) is 6.33 Å². The van der Waals surface area contributed by atoms with Crippen molar-refractivity contribution in [3.05, 3.63) is 40.3 Å². The fourth-order valence-electron chi connectivity index (χ4n) is 2.52. The molecular formula is C14H16N6O2. The molecule has 2 aromatic heterocycles. The van der Waals surface area contributed by atoms with Gasteiger partial charge >= 0.3 is 5.69 Å². The van der Waals surface area contributed by atoms with E-state index in [2.05, 4.69) is 20.3 Å². The van der Waals surface area contributed by atoms with E-state index in [-0.39, 0.29) is 11.5 Å². The number of nitrogens with zero attached hydrogens (tertiary/aromatic N) is 5. The summed E-state index contributed by atoms with van der Waals surface area (Å²) in [6.45, 7) is 3.43. The number of pyridine rings is 1. The third-order valence-electron chi connectivity index (χ3n) is 3.64. The second-order valence-corrected chi connectivity index (χ2v) is 5.14. The number of aromatic nitrogens is 3. The molecule has 1 fully saturated rings. The van der Waals surface area contributed by atoms with Crippen LogP contribution in [0.4, 0.5) is 23.1 Å². The largest absolute Gasteiger partial charge is 0.353 e. The van der Waals surface area contributed by atoms with Crippen LogP contribution in [0.3, 0.4) is 0 Å². The normalized spacial score (nSPS) is 14.1. The van der Waals surface area contributed by atoms with E-state index < -0.39 is 4.92 Å². The van der Waals surface area contributed by atoms with Crippen LogP contribution in [-0.4, -0.2) is 33.0 Å². The lowest BCUT2D eigenvalue weighted by Gasteiger charge is -2.17. The third-order valence-corrected chi connectivity index (χ3v) is 3.64. The molecule has 0 atom stereocenters. The highest BCUT2D eigenvalue weighted by molar-refractivity contribution is 5.74. The average Bonchev–Trinajstić information content (AvgIpc) is 3.03. The summed E-state index contributed by atoms with van der Waals surface area (Å²) in [7, 11) is 0. The molecule has 1 aliphatic heterocycles. The first-order valence-electron chi connectivity index (χ1n) is 7.10. The number of hydrogen-bond donors (Lipinski definition) is 1. The predicted octanol–water partition coefficient (Wildman–Crippen LogP) is 2.43. The van der Waals surface area contributed by atoms with Crippen LogP contribution >= 0.6 is 0 Å². The monoisotopic (exact) mass is 300 g/mol. The highest BCUT2D eigenvalue weighted by atomic mass is 16.6. The maximum atomic E-state index is 11.5. The summed E-state index contributed by atoms with van der Waals surface area (Å²) >= 11 is 0. The molecular weight excluding hydrogens is 284 g/mol. The molecule has 0 unspecified atom stereocenters. The van der Waals surface area contributed by atoms with Gasteiger partial charge in [-0.1, -0.05) is 6.07 Å². The summed E-state index contributed by atoms with van der Waals surface area (Å²) in [6.07, 6.45) is 5.01. The highest BCUT2D eigenvalue weighted by Crippen LogP contribution is 2.34. The molecule has 3 heterocycles. The van der Waals surface area contributed by atoms with E-state index in [9.17, 15) is 10.1 Å². The third kappa shape index (κ3) is 2.67. The van der Waals surface area contributed by atoms with E-state index in [0.717, 1.165) is 31.5 Å². The van der Waals surface area contributed by atoms with Crippen molar-refractivity contribution in [3.8, 4) is 0 Å². The summed E-state index contributed by atoms with van der Waals surface area (Å²) in [6, 6.07) is 3.69. The van der Waals surface area contributed by atoms with Gasteiger partial charge in [-0.15, -0.1) is 0 Å². The topological polar surface area (TPSA) is 97.1 Å². The Hall–Kier alpha value is -2.77. The second kappa shape index (κ2) is 5.92. The molecule has 22 heavy (non-hydrogen) atoms. The SMILES string of the molecule is Cc1cccnc1Nc1ncnc(N2CCCC2)c1[N+](=O)[O-]. The molecule has 3 rings (SSSR count). The second-order valence-electron chi connectivity index (χ2n) is 5.14. The van der Waals surface area contributed by atoms with Crippen LogP contribution in [0, 0.1) is 17.0 Å². The van der Waals surface area contributed by atoms with E-state index in [0.29, 0.717) is 11.6 Å². The number of hydrogen-bond acceptors (Lipinski definition) is 7. The van der Waals surface area contributed by atoms with Crippen LogP contribution in [0.5, 0.6) is 0 Å². The van der Waals surface area contributed by atoms with Crippen molar-refractivity contribution in [2.75, 3.05) is 23.3 Å². The molecule has 2 aromatic rings. The number of nitro groups is 1. The maximum absolute atomic E-state index is 11.5. The van der Waals surface area contributed by atoms with Gasteiger partial charge in [0, 0.05) is 19.3 Å². The molecule has 1 N–H and O–H groups in total. The molecule has 0 saturated carbocycles. The number of rotatable bonds is 4. The van der Waals surface area contributed by atoms with Gasteiger partial charge in [0.05, 0.1) is 4.92 Å². The van der Waals surface area contributed by atoms with Gasteiger partial charge in [-0.2, -0.15) is 0 Å². The Morgan fingerprint density at radius 1 is 1.23 bits per heavy atom. The van der Waals surface area contributed by atoms with Crippen LogP contribution in [0.1, 0.15) is 18.4 Å². The van der Waals surface area contributed by atoms with Gasteiger partial charge in [-0.25, -0.2) is 15.0 Å². The van der Waals surface area contributed by atoms with E-state index in [4.69, 9.17) is 0 Å². The standard InChI is InChI=1S/C14H16N6O2/c1-10-5-4-6-15-12(10)18-13-11(20(21)22)14(17-9-16-13)19-7-2-3-8-19/h4-6,9H,2-3,7-8H2,1H3,(H,15,16,17,18). The van der Waals surface area contributed by atoms with Crippen molar-refractivity contribution in [1.29, 1.82) is 0 Å². The molecule has 0 spiro atoms. The van der Waals surface area contributed by atoms with Crippen LogP contribution in [0.25, 0.3) is 0 Å². The van der Waals surface area contributed by atoms with Crippen LogP contribution in [-0.2, 0) is 0 Å². The van der Waals surface area contributed by atoms with Crippen molar-refractivity contribution >= 4 is 23.1 Å². The quantitative estimate of drug-likeness (QED) is 0.684. The molecule has 0 radical (unpaired) electrons. The minimum Gasteiger partial charge on any atom is -0.351 e. The molecule has 8 heteroatoms. The summed E-state index contributed by atoms with van der Waals surface area (Å²) in [5.41, 5.74) is 0.785. The first-order chi connectivity index (χ1) is 10.7. The zero-order chi connectivity index (χ0) is 15.5. The number of nitrogens with one attached hydrogen (secondary N) is 1. The Balaban J connectivity index is 2.02. The van der Waals surface area contributed by atoms with Gasteiger partial charge < -0.3 is 10.2 Å². The van der Waals surface area contributed by atoms with Crippen molar-refractivity contribution < 1.29 is 4.92 Å². The van der Waals surface area contributed by atoms with Gasteiger partial charge in [0.25, 0.3) is 0 Å². The molecule has 0 aliphatic carbocycles. The van der Waals surface area contributed by atoms with Crippen LogP contribution in [0.2, 0.25) is 0 Å². The van der Waals surface area contributed by atoms with Crippen molar-refractivity contribution in [2.24, 2.45) is 0 Å². The smallest absolute Gasteiger partial charge is 0.351 e. The molecule has 114 valence electrons. The number of aryl methyl sites for hydroxylation is 1. The lowest BCUT2D eigenvalue weighted by Crippen LogP contribution is -2.21. The minimum atomic E-state index is -0.436. The first kappa shape index (κ1) is 14.2.